The number of carbonyl (C=O) groups excluding carboxylic acids is 4. The van der Waals surface area contributed by atoms with E-state index in [0.717, 1.165) is 64.5 Å². The second kappa shape index (κ2) is 29.0. The van der Waals surface area contributed by atoms with Gasteiger partial charge in [-0.2, -0.15) is 0 Å². The van der Waals surface area contributed by atoms with Crippen molar-refractivity contribution in [2.75, 3.05) is 40.3 Å². The van der Waals surface area contributed by atoms with Crippen molar-refractivity contribution >= 4 is 23.6 Å². The molecular formula is C34H66N4O4. The zero-order valence-electron chi connectivity index (χ0n) is 27.9. The average molecular weight is 595 g/mol. The number of nitrogens with zero attached hydrogens (tertiary/aromatic N) is 2. The summed E-state index contributed by atoms with van der Waals surface area (Å²) in [5.74, 6) is -0.512. The van der Waals surface area contributed by atoms with Gasteiger partial charge in [-0.25, -0.2) is 0 Å². The van der Waals surface area contributed by atoms with E-state index in [1.165, 1.54) is 77.0 Å². The molecule has 8 heteroatoms. The molecule has 8 nitrogen and oxygen atoms in total. The van der Waals surface area contributed by atoms with Crippen molar-refractivity contribution in [2.45, 2.75) is 155 Å². The minimum atomic E-state index is -0.165. The first kappa shape index (κ1) is 39.9. The van der Waals surface area contributed by atoms with Crippen molar-refractivity contribution in [1.29, 1.82) is 0 Å². The van der Waals surface area contributed by atoms with E-state index in [0.29, 0.717) is 13.1 Å². The highest BCUT2D eigenvalue weighted by Crippen LogP contribution is 2.11. The first-order valence-electron chi connectivity index (χ1n) is 17.3. The SMILES string of the molecule is CCCCCCCN(C)C(=O)CC(=O)NCCCCCCCCCCCCNC(=O)CC(=O)N(C)CCCCCCC. The minimum Gasteiger partial charge on any atom is -0.356 e. The van der Waals surface area contributed by atoms with E-state index in [9.17, 15) is 19.2 Å². The number of nitrogens with one attached hydrogen (secondary N) is 2. The molecule has 0 aromatic carbocycles. The molecule has 0 fully saturated rings. The Kier molecular flexibility index (Phi) is 27.5. The van der Waals surface area contributed by atoms with Gasteiger partial charge in [-0.3, -0.25) is 19.2 Å². The third kappa shape index (κ3) is 25.6. The molecule has 42 heavy (non-hydrogen) atoms. The van der Waals surface area contributed by atoms with Gasteiger partial charge in [0.25, 0.3) is 0 Å². The van der Waals surface area contributed by atoms with Gasteiger partial charge in [-0.15, -0.1) is 0 Å². The van der Waals surface area contributed by atoms with Crippen LogP contribution in [0.1, 0.15) is 155 Å². The molecule has 0 aromatic rings. The highest BCUT2D eigenvalue weighted by Gasteiger charge is 2.14. The molecule has 0 aliphatic heterocycles. The molecule has 0 radical (unpaired) electrons. The van der Waals surface area contributed by atoms with Gasteiger partial charge in [-0.05, 0) is 25.7 Å². The Labute approximate surface area is 258 Å². The van der Waals surface area contributed by atoms with Gasteiger partial charge in [0.05, 0.1) is 0 Å². The average Bonchev–Trinajstić information content (AvgIpc) is 2.96. The maximum atomic E-state index is 12.2. The quantitative estimate of drug-likeness (QED) is 0.0739. The molecule has 0 aromatic heterocycles. The normalized spacial score (nSPS) is 10.9. The van der Waals surface area contributed by atoms with E-state index in [2.05, 4.69) is 24.5 Å². The molecule has 0 bridgehead atoms. The molecule has 0 aliphatic carbocycles. The highest BCUT2D eigenvalue weighted by molar-refractivity contribution is 5.97. The summed E-state index contributed by atoms with van der Waals surface area (Å²) in [6, 6.07) is 0. The van der Waals surface area contributed by atoms with E-state index in [1.807, 2.05) is 0 Å². The van der Waals surface area contributed by atoms with E-state index in [1.54, 1.807) is 23.9 Å². The van der Waals surface area contributed by atoms with Gasteiger partial charge >= 0.3 is 0 Å². The van der Waals surface area contributed by atoms with Gasteiger partial charge in [0.15, 0.2) is 0 Å². The fourth-order valence-corrected chi connectivity index (χ4v) is 4.94. The topological polar surface area (TPSA) is 98.8 Å². The standard InChI is InChI=1S/C34H66N4O4/c1-5-7-9-19-23-27-37(3)33(41)29-31(39)35-25-21-17-15-13-11-12-14-16-18-22-26-36-32(40)30-34(42)38(4)28-24-20-10-8-6-2/h5-30H2,1-4H3,(H,35,39)(H,36,40). The van der Waals surface area contributed by atoms with Gasteiger partial charge in [-0.1, -0.05) is 117 Å². The maximum Gasteiger partial charge on any atom is 0.231 e. The van der Waals surface area contributed by atoms with E-state index in [4.69, 9.17) is 0 Å². The Hall–Kier alpha value is -2.12. The molecule has 0 saturated carbocycles. The zero-order valence-corrected chi connectivity index (χ0v) is 27.9. The van der Waals surface area contributed by atoms with Crippen LogP contribution in [0.5, 0.6) is 0 Å². The van der Waals surface area contributed by atoms with Crippen molar-refractivity contribution in [3.63, 3.8) is 0 Å². The second-order valence-corrected chi connectivity index (χ2v) is 12.0. The van der Waals surface area contributed by atoms with Gasteiger partial charge in [0.1, 0.15) is 12.8 Å². The number of hydrogen-bond acceptors (Lipinski definition) is 4. The lowest BCUT2D eigenvalue weighted by atomic mass is 10.1. The molecule has 0 rings (SSSR count). The van der Waals surface area contributed by atoms with E-state index < -0.39 is 0 Å². The number of rotatable bonds is 29. The Balaban J connectivity index is 3.52. The maximum absolute atomic E-state index is 12.2. The number of amides is 4. The number of unbranched alkanes of at least 4 members (excludes halogenated alkanes) is 17. The summed E-state index contributed by atoms with van der Waals surface area (Å²) >= 11 is 0. The second-order valence-electron chi connectivity index (χ2n) is 12.0. The van der Waals surface area contributed by atoms with Crippen LogP contribution in [0.2, 0.25) is 0 Å². The third-order valence-electron chi connectivity index (χ3n) is 7.92. The van der Waals surface area contributed by atoms with Crippen LogP contribution < -0.4 is 10.6 Å². The third-order valence-corrected chi connectivity index (χ3v) is 7.92. The molecule has 0 atom stereocenters. The van der Waals surface area contributed by atoms with Crippen LogP contribution in [0.15, 0.2) is 0 Å². The van der Waals surface area contributed by atoms with Crippen LogP contribution in [0, 0.1) is 0 Å². The summed E-state index contributed by atoms with van der Waals surface area (Å²) < 4.78 is 0. The molecule has 0 heterocycles. The lowest BCUT2D eigenvalue weighted by Gasteiger charge is -2.17. The van der Waals surface area contributed by atoms with Gasteiger partial charge in [0, 0.05) is 40.3 Å². The summed E-state index contributed by atoms with van der Waals surface area (Å²) in [5.41, 5.74) is 0. The lowest BCUT2D eigenvalue weighted by molar-refractivity contribution is -0.136. The summed E-state index contributed by atoms with van der Waals surface area (Å²) in [4.78, 5) is 51.8. The summed E-state index contributed by atoms with van der Waals surface area (Å²) in [7, 11) is 3.58. The van der Waals surface area contributed by atoms with Gasteiger partial charge in [0.2, 0.25) is 23.6 Å². The molecule has 0 spiro atoms. The van der Waals surface area contributed by atoms with Crippen molar-refractivity contribution in [1.82, 2.24) is 20.4 Å². The molecule has 0 aliphatic rings. The number of hydrogen-bond donors (Lipinski definition) is 2. The molecule has 2 N–H and O–H groups in total. The van der Waals surface area contributed by atoms with Crippen LogP contribution in [0.3, 0.4) is 0 Å². The Morgan fingerprint density at radius 3 is 1.05 bits per heavy atom. The van der Waals surface area contributed by atoms with E-state index >= 15 is 0 Å². The van der Waals surface area contributed by atoms with Crippen LogP contribution in [0.4, 0.5) is 0 Å². The summed E-state index contributed by atoms with van der Waals surface area (Å²) in [6.07, 6.45) is 22.9. The molecule has 246 valence electrons. The first-order chi connectivity index (χ1) is 20.3. The van der Waals surface area contributed by atoms with Gasteiger partial charge < -0.3 is 20.4 Å². The Morgan fingerprint density at radius 2 is 0.714 bits per heavy atom. The fourth-order valence-electron chi connectivity index (χ4n) is 4.94. The van der Waals surface area contributed by atoms with Crippen LogP contribution in [0.25, 0.3) is 0 Å². The molecular weight excluding hydrogens is 528 g/mol. The summed E-state index contributed by atoms with van der Waals surface area (Å²) in [6.45, 7) is 7.13. The molecule has 0 unspecified atom stereocenters. The summed E-state index contributed by atoms with van der Waals surface area (Å²) in [5, 5.41) is 5.78. The van der Waals surface area contributed by atoms with Crippen molar-refractivity contribution < 1.29 is 19.2 Å². The smallest absolute Gasteiger partial charge is 0.231 e. The van der Waals surface area contributed by atoms with Crippen LogP contribution >= 0.6 is 0 Å². The predicted molar refractivity (Wildman–Crippen MR) is 174 cm³/mol. The zero-order chi connectivity index (χ0) is 31.3. The van der Waals surface area contributed by atoms with Crippen molar-refractivity contribution in [3.8, 4) is 0 Å². The highest BCUT2D eigenvalue weighted by atomic mass is 16.2. The minimum absolute atomic E-state index is 0.0472. The van der Waals surface area contributed by atoms with E-state index in [-0.39, 0.29) is 36.5 Å². The molecule has 0 saturated heterocycles. The van der Waals surface area contributed by atoms with Crippen LogP contribution in [-0.2, 0) is 19.2 Å². The first-order valence-corrected chi connectivity index (χ1v) is 17.3. The Bertz CT molecular complexity index is 643. The monoisotopic (exact) mass is 595 g/mol. The predicted octanol–water partition coefficient (Wildman–Crippen LogP) is 6.76. The lowest BCUT2D eigenvalue weighted by Crippen LogP contribution is -2.34. The van der Waals surface area contributed by atoms with Crippen molar-refractivity contribution in [3.05, 3.63) is 0 Å². The fraction of sp³-hybridized carbons (Fsp3) is 0.882. The van der Waals surface area contributed by atoms with Crippen LogP contribution in [-0.4, -0.2) is 73.7 Å². The number of carbonyl (C=O) groups is 4. The molecule has 4 amide bonds. The van der Waals surface area contributed by atoms with Crippen molar-refractivity contribution in [2.24, 2.45) is 0 Å². The largest absolute Gasteiger partial charge is 0.356 e. The Morgan fingerprint density at radius 1 is 0.429 bits per heavy atom.